The van der Waals surface area contributed by atoms with Crippen molar-refractivity contribution in [2.45, 2.75) is 19.8 Å². The summed E-state index contributed by atoms with van der Waals surface area (Å²) >= 11 is 0. The Morgan fingerprint density at radius 2 is 2.05 bits per heavy atom. The number of aromatic nitrogens is 2. The second kappa shape index (κ2) is 7.30. The van der Waals surface area contributed by atoms with Crippen molar-refractivity contribution in [1.29, 1.82) is 0 Å². The van der Waals surface area contributed by atoms with Gasteiger partial charge in [0.1, 0.15) is 0 Å². The molecule has 0 aliphatic rings. The SMILES string of the molecule is CCCCNC(=O)Oc1nc2ccccc2n1NC(=O)OC. The van der Waals surface area contributed by atoms with Crippen LogP contribution in [0.25, 0.3) is 11.0 Å². The van der Waals surface area contributed by atoms with Gasteiger partial charge in [-0.15, -0.1) is 0 Å². The number of rotatable bonds is 5. The third kappa shape index (κ3) is 3.66. The number of nitrogens with zero attached hydrogens (tertiary/aromatic N) is 2. The van der Waals surface area contributed by atoms with Gasteiger partial charge in [-0.3, -0.25) is 0 Å². The Morgan fingerprint density at radius 3 is 2.77 bits per heavy atom. The monoisotopic (exact) mass is 306 g/mol. The van der Waals surface area contributed by atoms with Crippen molar-refractivity contribution < 1.29 is 19.1 Å². The fourth-order valence-electron chi connectivity index (χ4n) is 1.80. The predicted molar refractivity (Wildman–Crippen MR) is 80.4 cm³/mol. The Bertz CT molecular complexity index is 668. The Hall–Kier alpha value is -2.77. The zero-order valence-electron chi connectivity index (χ0n) is 12.5. The molecule has 0 aliphatic heterocycles. The van der Waals surface area contributed by atoms with Crippen molar-refractivity contribution in [3.05, 3.63) is 24.3 Å². The van der Waals surface area contributed by atoms with E-state index in [0.717, 1.165) is 12.8 Å². The van der Waals surface area contributed by atoms with E-state index in [-0.39, 0.29) is 6.01 Å². The lowest BCUT2D eigenvalue weighted by molar-refractivity contribution is 0.180. The van der Waals surface area contributed by atoms with E-state index >= 15 is 0 Å². The van der Waals surface area contributed by atoms with E-state index in [1.807, 2.05) is 6.92 Å². The quantitative estimate of drug-likeness (QED) is 0.826. The minimum atomic E-state index is -0.695. The summed E-state index contributed by atoms with van der Waals surface area (Å²) in [5.74, 6) is 0. The van der Waals surface area contributed by atoms with Gasteiger partial charge in [0.25, 0.3) is 0 Å². The number of carbonyl (C=O) groups is 2. The second-order valence-corrected chi connectivity index (χ2v) is 4.49. The number of nitrogens with one attached hydrogen (secondary N) is 2. The van der Waals surface area contributed by atoms with Crippen molar-refractivity contribution in [2.24, 2.45) is 0 Å². The van der Waals surface area contributed by atoms with Crippen LogP contribution >= 0.6 is 0 Å². The molecule has 0 spiro atoms. The standard InChI is InChI=1S/C14H18N4O4/c1-3-4-9-15-13(19)22-12-16-10-7-5-6-8-11(10)18(12)17-14(20)21-2/h5-8H,3-4,9H2,1-2H3,(H,15,19)(H,17,20). The van der Waals surface area contributed by atoms with Gasteiger partial charge in [0.15, 0.2) is 0 Å². The first-order valence-electron chi connectivity index (χ1n) is 6.93. The molecule has 1 aromatic heterocycles. The molecule has 1 aromatic carbocycles. The van der Waals surface area contributed by atoms with E-state index in [9.17, 15) is 9.59 Å². The fraction of sp³-hybridized carbons (Fsp3) is 0.357. The zero-order valence-corrected chi connectivity index (χ0v) is 12.5. The first-order valence-corrected chi connectivity index (χ1v) is 6.93. The average molecular weight is 306 g/mol. The molecular formula is C14H18N4O4. The molecule has 8 nitrogen and oxygen atoms in total. The zero-order chi connectivity index (χ0) is 15.9. The smallest absolute Gasteiger partial charge is 0.426 e. The Kier molecular flexibility index (Phi) is 5.18. The van der Waals surface area contributed by atoms with Crippen molar-refractivity contribution in [3.63, 3.8) is 0 Å². The highest BCUT2D eigenvalue weighted by Crippen LogP contribution is 2.19. The number of ether oxygens (including phenoxy) is 2. The molecule has 118 valence electrons. The van der Waals surface area contributed by atoms with Crippen molar-refractivity contribution in [3.8, 4) is 6.01 Å². The Labute approximate surface area is 127 Å². The van der Waals surface area contributed by atoms with Gasteiger partial charge in [0.2, 0.25) is 0 Å². The molecular weight excluding hydrogens is 288 g/mol. The highest BCUT2D eigenvalue weighted by molar-refractivity contribution is 5.83. The molecule has 2 aromatic rings. The summed E-state index contributed by atoms with van der Waals surface area (Å²) < 4.78 is 11.0. The van der Waals surface area contributed by atoms with Gasteiger partial charge in [0.05, 0.1) is 18.1 Å². The number of para-hydroxylation sites is 2. The summed E-state index contributed by atoms with van der Waals surface area (Å²) in [6.45, 7) is 2.53. The number of hydrogen-bond acceptors (Lipinski definition) is 5. The van der Waals surface area contributed by atoms with Gasteiger partial charge in [-0.1, -0.05) is 25.5 Å². The molecule has 0 atom stereocenters. The maximum Gasteiger partial charge on any atom is 0.426 e. The molecule has 1 heterocycles. The molecule has 0 bridgehead atoms. The van der Waals surface area contributed by atoms with Crippen LogP contribution in [0, 0.1) is 0 Å². The molecule has 0 fully saturated rings. The Morgan fingerprint density at radius 1 is 1.27 bits per heavy atom. The normalized spacial score (nSPS) is 10.3. The second-order valence-electron chi connectivity index (χ2n) is 4.49. The van der Waals surface area contributed by atoms with Gasteiger partial charge >= 0.3 is 18.2 Å². The lowest BCUT2D eigenvalue weighted by atomic mass is 10.3. The lowest BCUT2D eigenvalue weighted by Crippen LogP contribution is -2.30. The highest BCUT2D eigenvalue weighted by Gasteiger charge is 2.17. The predicted octanol–water partition coefficient (Wildman–Crippen LogP) is 2.23. The Balaban J connectivity index is 2.22. The number of amides is 2. The van der Waals surface area contributed by atoms with Crippen LogP contribution in [0.4, 0.5) is 9.59 Å². The first kappa shape index (κ1) is 15.6. The van der Waals surface area contributed by atoms with Crippen molar-refractivity contribution in [2.75, 3.05) is 19.1 Å². The number of hydrogen-bond donors (Lipinski definition) is 2. The molecule has 2 N–H and O–H groups in total. The van der Waals surface area contributed by atoms with Crippen LogP contribution in [0.1, 0.15) is 19.8 Å². The number of carbonyl (C=O) groups excluding carboxylic acids is 2. The maximum absolute atomic E-state index is 11.7. The van der Waals surface area contributed by atoms with Gasteiger partial charge in [-0.25, -0.2) is 15.0 Å². The van der Waals surface area contributed by atoms with Gasteiger partial charge in [0, 0.05) is 6.54 Å². The van der Waals surface area contributed by atoms with Crippen LogP contribution in [0.15, 0.2) is 24.3 Å². The van der Waals surface area contributed by atoms with E-state index in [1.54, 1.807) is 24.3 Å². The van der Waals surface area contributed by atoms with Crippen molar-refractivity contribution >= 4 is 23.2 Å². The van der Waals surface area contributed by atoms with Gasteiger partial charge in [-0.2, -0.15) is 9.66 Å². The topological polar surface area (TPSA) is 94.5 Å². The summed E-state index contributed by atoms with van der Waals surface area (Å²) in [6.07, 6.45) is 0.491. The van der Waals surface area contributed by atoms with E-state index in [4.69, 9.17) is 4.74 Å². The third-order valence-corrected chi connectivity index (χ3v) is 2.90. The summed E-state index contributed by atoms with van der Waals surface area (Å²) in [5, 5.41) is 2.61. The molecule has 0 saturated heterocycles. The van der Waals surface area contributed by atoms with Crippen LogP contribution < -0.4 is 15.5 Å². The number of unbranched alkanes of at least 4 members (excludes halogenated alkanes) is 1. The van der Waals surface area contributed by atoms with E-state index in [0.29, 0.717) is 17.6 Å². The summed E-state index contributed by atoms with van der Waals surface area (Å²) in [7, 11) is 1.24. The minimum absolute atomic E-state index is 0.0411. The molecule has 2 amide bonds. The molecule has 0 unspecified atom stereocenters. The molecule has 0 saturated carbocycles. The molecule has 8 heteroatoms. The number of methoxy groups -OCH3 is 1. The van der Waals surface area contributed by atoms with E-state index in [2.05, 4.69) is 20.5 Å². The first-order chi connectivity index (χ1) is 10.7. The summed E-state index contributed by atoms with van der Waals surface area (Å²) in [6, 6.07) is 7.01. The number of benzene rings is 1. The highest BCUT2D eigenvalue weighted by atomic mass is 16.6. The van der Waals surface area contributed by atoms with Crippen LogP contribution in [-0.4, -0.2) is 35.5 Å². The van der Waals surface area contributed by atoms with Crippen LogP contribution in [0.3, 0.4) is 0 Å². The summed E-state index contributed by atoms with van der Waals surface area (Å²) in [5.41, 5.74) is 3.61. The van der Waals surface area contributed by atoms with Crippen LogP contribution in [0.5, 0.6) is 6.01 Å². The van der Waals surface area contributed by atoms with Gasteiger partial charge in [-0.05, 0) is 18.6 Å². The van der Waals surface area contributed by atoms with Crippen LogP contribution in [0.2, 0.25) is 0 Å². The van der Waals surface area contributed by atoms with E-state index < -0.39 is 12.2 Å². The molecule has 0 radical (unpaired) electrons. The third-order valence-electron chi connectivity index (χ3n) is 2.90. The minimum Gasteiger partial charge on any atom is -0.452 e. The molecule has 2 rings (SSSR count). The van der Waals surface area contributed by atoms with E-state index in [1.165, 1.54) is 11.8 Å². The molecule has 22 heavy (non-hydrogen) atoms. The number of imidazole rings is 1. The maximum atomic E-state index is 11.7. The average Bonchev–Trinajstić information content (AvgIpc) is 2.85. The van der Waals surface area contributed by atoms with Gasteiger partial charge < -0.3 is 14.8 Å². The summed E-state index contributed by atoms with van der Waals surface area (Å²) in [4.78, 5) is 27.4. The van der Waals surface area contributed by atoms with Crippen molar-refractivity contribution in [1.82, 2.24) is 15.0 Å². The fourth-order valence-corrected chi connectivity index (χ4v) is 1.80. The largest absolute Gasteiger partial charge is 0.452 e. The molecule has 0 aliphatic carbocycles. The van der Waals surface area contributed by atoms with Crippen LogP contribution in [-0.2, 0) is 4.74 Å². The lowest BCUT2D eigenvalue weighted by Gasteiger charge is -2.09. The number of fused-ring (bicyclic) bond motifs is 1.